The van der Waals surface area contributed by atoms with Gasteiger partial charge in [0.25, 0.3) is 0 Å². The smallest absolute Gasteiger partial charge is 0.0284 e. The predicted molar refractivity (Wildman–Crippen MR) is 101 cm³/mol. The number of terminal acetylenes is 1. The lowest BCUT2D eigenvalue weighted by atomic mass is 9.79. The van der Waals surface area contributed by atoms with Crippen LogP contribution in [0.25, 0.3) is 0 Å². The van der Waals surface area contributed by atoms with Crippen LogP contribution in [-0.4, -0.2) is 17.5 Å². The van der Waals surface area contributed by atoms with Crippen molar-refractivity contribution in [2.45, 2.75) is 67.3 Å². The van der Waals surface area contributed by atoms with E-state index < -0.39 is 0 Å². The fourth-order valence-corrected chi connectivity index (χ4v) is 2.35. The van der Waals surface area contributed by atoms with Gasteiger partial charge in [-0.2, -0.15) is 0 Å². The SMILES string of the molecule is C#C[C@H](C)C(C)(C)CN(/C=C\C(C)CC)C(C)C(C)CC=C. The molecular weight excluding hydrogens is 266 g/mol. The Morgan fingerprint density at radius 3 is 2.27 bits per heavy atom. The Morgan fingerprint density at radius 1 is 1.23 bits per heavy atom. The van der Waals surface area contributed by atoms with E-state index in [9.17, 15) is 0 Å². The van der Waals surface area contributed by atoms with E-state index in [2.05, 4.69) is 78.1 Å². The highest BCUT2D eigenvalue weighted by Gasteiger charge is 2.29. The number of allylic oxidation sites excluding steroid dienone is 2. The third-order valence-corrected chi connectivity index (χ3v) is 5.15. The van der Waals surface area contributed by atoms with E-state index in [1.807, 2.05) is 6.08 Å². The van der Waals surface area contributed by atoms with E-state index >= 15 is 0 Å². The largest absolute Gasteiger partial charge is 0.374 e. The average Bonchev–Trinajstić information content (AvgIpc) is 2.49. The number of hydrogen-bond acceptors (Lipinski definition) is 1. The molecule has 0 aliphatic carbocycles. The van der Waals surface area contributed by atoms with Gasteiger partial charge in [0.1, 0.15) is 0 Å². The lowest BCUT2D eigenvalue weighted by molar-refractivity contribution is 0.135. The van der Waals surface area contributed by atoms with Gasteiger partial charge in [-0.15, -0.1) is 18.9 Å². The van der Waals surface area contributed by atoms with E-state index in [1.165, 1.54) is 6.42 Å². The molecule has 0 bridgehead atoms. The summed E-state index contributed by atoms with van der Waals surface area (Å²) in [5.74, 6) is 4.36. The first kappa shape index (κ1) is 20.8. The fraction of sp³-hybridized carbons (Fsp3) is 0.714. The lowest BCUT2D eigenvalue weighted by Gasteiger charge is -2.40. The van der Waals surface area contributed by atoms with Gasteiger partial charge in [-0.1, -0.05) is 60.1 Å². The molecule has 0 heterocycles. The second kappa shape index (κ2) is 9.78. The van der Waals surface area contributed by atoms with Gasteiger partial charge in [-0.05, 0) is 36.8 Å². The normalized spacial score (nSPS) is 17.5. The minimum atomic E-state index is 0.0940. The molecule has 0 radical (unpaired) electrons. The van der Waals surface area contributed by atoms with Crippen molar-refractivity contribution in [3.05, 3.63) is 24.9 Å². The first-order valence-corrected chi connectivity index (χ1v) is 8.70. The molecule has 3 unspecified atom stereocenters. The molecule has 126 valence electrons. The van der Waals surface area contributed by atoms with Crippen LogP contribution in [0.3, 0.4) is 0 Å². The molecule has 0 aliphatic heterocycles. The molecular formula is C21H37N. The third kappa shape index (κ3) is 6.73. The maximum atomic E-state index is 5.66. The van der Waals surface area contributed by atoms with Gasteiger partial charge < -0.3 is 4.90 Å². The summed E-state index contributed by atoms with van der Waals surface area (Å²) < 4.78 is 0. The molecule has 0 rings (SSSR count). The van der Waals surface area contributed by atoms with E-state index in [4.69, 9.17) is 6.42 Å². The molecule has 1 nitrogen and oxygen atoms in total. The summed E-state index contributed by atoms with van der Waals surface area (Å²) in [5, 5.41) is 0. The van der Waals surface area contributed by atoms with Crippen LogP contribution >= 0.6 is 0 Å². The highest BCUT2D eigenvalue weighted by molar-refractivity contribution is 5.01. The minimum Gasteiger partial charge on any atom is -0.374 e. The maximum absolute atomic E-state index is 5.66. The zero-order valence-corrected chi connectivity index (χ0v) is 15.9. The molecule has 0 saturated carbocycles. The molecule has 0 amide bonds. The van der Waals surface area contributed by atoms with Crippen molar-refractivity contribution in [1.82, 2.24) is 4.90 Å². The lowest BCUT2D eigenvalue weighted by Crippen LogP contribution is -2.42. The van der Waals surface area contributed by atoms with E-state index in [0.29, 0.717) is 17.9 Å². The number of rotatable bonds is 10. The number of nitrogens with zero attached hydrogens (tertiary/aromatic N) is 1. The van der Waals surface area contributed by atoms with Gasteiger partial charge in [-0.25, -0.2) is 0 Å². The Kier molecular flexibility index (Phi) is 9.26. The third-order valence-electron chi connectivity index (χ3n) is 5.15. The molecule has 0 aliphatic rings. The predicted octanol–water partition coefficient (Wildman–Crippen LogP) is 5.74. The summed E-state index contributed by atoms with van der Waals surface area (Å²) in [4.78, 5) is 2.48. The van der Waals surface area contributed by atoms with Crippen LogP contribution in [0.4, 0.5) is 0 Å². The standard InChI is InChI=1S/C21H37N/c1-10-13-18(5)20(7)22(15-14-17(4)11-2)16-21(8,9)19(6)12-3/h3,10,14-15,17-20H,1,11,13,16H2,2,4-9H3/b15-14-/t17?,18?,19-,20?/m0/s1. The summed E-state index contributed by atoms with van der Waals surface area (Å²) in [5.41, 5.74) is 0.0940. The first-order valence-electron chi connectivity index (χ1n) is 8.70. The molecule has 0 saturated heterocycles. The summed E-state index contributed by atoms with van der Waals surface area (Å²) in [6.07, 6.45) is 14.5. The second-order valence-electron chi connectivity index (χ2n) is 7.52. The van der Waals surface area contributed by atoms with Crippen LogP contribution < -0.4 is 0 Å². The summed E-state index contributed by atoms with van der Waals surface area (Å²) in [7, 11) is 0. The average molecular weight is 304 g/mol. The van der Waals surface area contributed by atoms with E-state index in [0.717, 1.165) is 13.0 Å². The second-order valence-corrected chi connectivity index (χ2v) is 7.52. The zero-order chi connectivity index (χ0) is 17.3. The van der Waals surface area contributed by atoms with Crippen LogP contribution in [0.2, 0.25) is 0 Å². The Labute approximate surface area is 139 Å². The Balaban J connectivity index is 5.21. The van der Waals surface area contributed by atoms with Crippen molar-refractivity contribution in [3.63, 3.8) is 0 Å². The van der Waals surface area contributed by atoms with E-state index in [-0.39, 0.29) is 11.3 Å². The van der Waals surface area contributed by atoms with Gasteiger partial charge in [0.15, 0.2) is 0 Å². The van der Waals surface area contributed by atoms with Crippen LogP contribution in [0, 0.1) is 35.5 Å². The summed E-state index contributed by atoms with van der Waals surface area (Å²) >= 11 is 0. The van der Waals surface area contributed by atoms with Crippen LogP contribution in [0.15, 0.2) is 24.9 Å². The van der Waals surface area contributed by atoms with Gasteiger partial charge in [0.05, 0.1) is 0 Å². The molecule has 0 N–H and O–H groups in total. The minimum absolute atomic E-state index is 0.0940. The van der Waals surface area contributed by atoms with E-state index in [1.54, 1.807) is 0 Å². The molecule has 0 aromatic carbocycles. The highest BCUT2D eigenvalue weighted by atomic mass is 15.1. The van der Waals surface area contributed by atoms with Gasteiger partial charge in [0, 0.05) is 18.5 Å². The summed E-state index contributed by atoms with van der Waals surface area (Å²) in [6.45, 7) is 20.7. The van der Waals surface area contributed by atoms with Gasteiger partial charge in [-0.3, -0.25) is 0 Å². The highest BCUT2D eigenvalue weighted by Crippen LogP contribution is 2.29. The Bertz CT molecular complexity index is 385. The van der Waals surface area contributed by atoms with Crippen molar-refractivity contribution in [2.75, 3.05) is 6.54 Å². The fourth-order valence-electron chi connectivity index (χ4n) is 2.35. The Morgan fingerprint density at radius 2 is 1.82 bits per heavy atom. The topological polar surface area (TPSA) is 3.24 Å². The summed E-state index contributed by atoms with van der Waals surface area (Å²) in [6, 6.07) is 0.475. The molecule has 0 aromatic rings. The van der Waals surface area contributed by atoms with Crippen molar-refractivity contribution in [2.24, 2.45) is 23.2 Å². The number of hydrogen-bond donors (Lipinski definition) is 0. The van der Waals surface area contributed by atoms with Gasteiger partial charge in [0.2, 0.25) is 0 Å². The van der Waals surface area contributed by atoms with Crippen LogP contribution in [-0.2, 0) is 0 Å². The molecule has 1 heteroatoms. The first-order chi connectivity index (χ1) is 10.2. The van der Waals surface area contributed by atoms with Crippen molar-refractivity contribution in [3.8, 4) is 12.3 Å². The van der Waals surface area contributed by atoms with Crippen LogP contribution in [0.1, 0.15) is 61.3 Å². The molecule has 0 aromatic heterocycles. The molecule has 0 fully saturated rings. The van der Waals surface area contributed by atoms with Gasteiger partial charge >= 0.3 is 0 Å². The zero-order valence-electron chi connectivity index (χ0n) is 15.9. The maximum Gasteiger partial charge on any atom is 0.0284 e. The molecule has 22 heavy (non-hydrogen) atoms. The van der Waals surface area contributed by atoms with Crippen molar-refractivity contribution < 1.29 is 0 Å². The molecule has 0 spiro atoms. The monoisotopic (exact) mass is 303 g/mol. The van der Waals surface area contributed by atoms with Crippen molar-refractivity contribution in [1.29, 1.82) is 0 Å². The molecule has 4 atom stereocenters. The van der Waals surface area contributed by atoms with Crippen LogP contribution in [0.5, 0.6) is 0 Å². The van der Waals surface area contributed by atoms with Crippen molar-refractivity contribution >= 4 is 0 Å². The quantitative estimate of drug-likeness (QED) is 0.367. The Hall–Kier alpha value is -1.16.